The van der Waals surface area contributed by atoms with Crippen molar-refractivity contribution in [1.82, 2.24) is 4.90 Å². The molecule has 1 saturated heterocycles. The first-order chi connectivity index (χ1) is 10.6. The number of likely N-dealkylation sites (tertiary alicyclic amines) is 1. The first-order valence-corrected chi connectivity index (χ1v) is 8.55. The Kier molecular flexibility index (Phi) is 5.78. The number of rotatable bonds is 3. The Morgan fingerprint density at radius 1 is 1.50 bits per heavy atom. The van der Waals surface area contributed by atoms with Gasteiger partial charge >= 0.3 is 5.97 Å². The molecule has 0 spiro atoms. The molecule has 0 radical (unpaired) electrons. The van der Waals surface area contributed by atoms with E-state index < -0.39 is 0 Å². The minimum absolute atomic E-state index is 0.116. The summed E-state index contributed by atoms with van der Waals surface area (Å²) in [6.45, 7) is 7.69. The molecule has 1 unspecified atom stereocenters. The van der Waals surface area contributed by atoms with E-state index in [9.17, 15) is 10.1 Å². The lowest BCUT2D eigenvalue weighted by atomic mass is 10.1. The lowest BCUT2D eigenvalue weighted by Gasteiger charge is -2.27. The topological polar surface area (TPSA) is 62.6 Å². The molecule has 0 N–H and O–H groups in total. The molecule has 0 aromatic heterocycles. The summed E-state index contributed by atoms with van der Waals surface area (Å²) < 4.78 is 11.1. The molecule has 2 rings (SSSR count). The van der Waals surface area contributed by atoms with Gasteiger partial charge in [-0.15, -0.1) is 11.8 Å². The second kappa shape index (κ2) is 7.59. The fraction of sp³-hybridized carbons (Fsp3) is 0.625. The minimum atomic E-state index is -0.349. The summed E-state index contributed by atoms with van der Waals surface area (Å²) in [6.07, 6.45) is 2.79. The molecule has 0 saturated carbocycles. The average Bonchev–Trinajstić information content (AvgIpc) is 3.00. The number of ether oxygens (including phenoxy) is 2. The predicted octanol–water partition coefficient (Wildman–Crippen LogP) is 3.15. The fourth-order valence-corrected chi connectivity index (χ4v) is 3.63. The zero-order valence-corrected chi connectivity index (χ0v) is 14.2. The Balaban J connectivity index is 2.36. The van der Waals surface area contributed by atoms with Gasteiger partial charge in [0.2, 0.25) is 5.88 Å². The zero-order chi connectivity index (χ0) is 16.1. The van der Waals surface area contributed by atoms with Crippen molar-refractivity contribution in [1.29, 1.82) is 5.26 Å². The molecule has 6 heteroatoms. The fourth-order valence-electron chi connectivity index (χ4n) is 2.61. The van der Waals surface area contributed by atoms with E-state index in [1.807, 2.05) is 6.92 Å². The molecule has 5 nitrogen and oxygen atoms in total. The Morgan fingerprint density at radius 2 is 2.18 bits per heavy atom. The Bertz CT molecular complexity index is 542. The summed E-state index contributed by atoms with van der Waals surface area (Å²) in [7, 11) is 0. The van der Waals surface area contributed by atoms with Crippen LogP contribution in [0.15, 0.2) is 22.1 Å². The molecule has 0 amide bonds. The number of carbonyl (C=O) groups is 1. The Labute approximate surface area is 135 Å². The first kappa shape index (κ1) is 16.8. The van der Waals surface area contributed by atoms with Crippen LogP contribution in [-0.4, -0.2) is 35.8 Å². The molecule has 22 heavy (non-hydrogen) atoms. The SMILES string of the molecule is CCOC(=O)/C1=C(\C)O/C(N2CCCC2)=C(/C#N)CC(C)S1. The Morgan fingerprint density at radius 3 is 2.77 bits per heavy atom. The molecular weight excluding hydrogens is 300 g/mol. The van der Waals surface area contributed by atoms with Crippen molar-refractivity contribution in [3.05, 3.63) is 22.1 Å². The molecule has 0 aromatic carbocycles. The highest BCUT2D eigenvalue weighted by Crippen LogP contribution is 2.36. The van der Waals surface area contributed by atoms with Crippen LogP contribution >= 0.6 is 11.8 Å². The lowest BCUT2D eigenvalue weighted by molar-refractivity contribution is -0.137. The van der Waals surface area contributed by atoms with E-state index >= 15 is 0 Å². The van der Waals surface area contributed by atoms with Gasteiger partial charge in [-0.3, -0.25) is 0 Å². The van der Waals surface area contributed by atoms with Gasteiger partial charge in [-0.1, -0.05) is 6.92 Å². The maximum absolute atomic E-state index is 12.1. The van der Waals surface area contributed by atoms with E-state index in [4.69, 9.17) is 9.47 Å². The largest absolute Gasteiger partial charge is 0.462 e. The van der Waals surface area contributed by atoms with Crippen molar-refractivity contribution in [3.8, 4) is 6.07 Å². The molecule has 0 aliphatic carbocycles. The van der Waals surface area contributed by atoms with Gasteiger partial charge in [-0.2, -0.15) is 5.26 Å². The molecule has 120 valence electrons. The third kappa shape index (κ3) is 3.77. The second-order valence-corrected chi connectivity index (χ2v) is 6.88. The van der Waals surface area contributed by atoms with E-state index in [1.165, 1.54) is 11.8 Å². The van der Waals surface area contributed by atoms with Crippen LogP contribution in [0.2, 0.25) is 0 Å². The third-order valence-electron chi connectivity index (χ3n) is 3.63. The lowest BCUT2D eigenvalue weighted by Crippen LogP contribution is -2.24. The highest BCUT2D eigenvalue weighted by Gasteiger charge is 2.28. The van der Waals surface area contributed by atoms with E-state index in [1.54, 1.807) is 13.8 Å². The molecule has 1 atom stereocenters. The number of hydrogen-bond acceptors (Lipinski definition) is 6. The number of nitrogens with zero attached hydrogens (tertiary/aromatic N) is 2. The summed E-state index contributed by atoms with van der Waals surface area (Å²) >= 11 is 1.42. The maximum atomic E-state index is 12.1. The van der Waals surface area contributed by atoms with E-state index in [0.717, 1.165) is 25.9 Å². The highest BCUT2D eigenvalue weighted by atomic mass is 32.2. The zero-order valence-electron chi connectivity index (χ0n) is 13.3. The van der Waals surface area contributed by atoms with Crippen molar-refractivity contribution < 1.29 is 14.3 Å². The smallest absolute Gasteiger partial charge is 0.348 e. The average molecular weight is 322 g/mol. The van der Waals surface area contributed by atoms with Gasteiger partial charge in [-0.25, -0.2) is 4.79 Å². The monoisotopic (exact) mass is 322 g/mol. The molecular formula is C16H22N2O3S. The summed E-state index contributed by atoms with van der Waals surface area (Å²) in [4.78, 5) is 14.7. The molecule has 2 heterocycles. The number of thioether (sulfide) groups is 1. The van der Waals surface area contributed by atoms with E-state index in [-0.39, 0.29) is 11.2 Å². The van der Waals surface area contributed by atoms with Crippen molar-refractivity contribution in [2.45, 2.75) is 45.3 Å². The van der Waals surface area contributed by atoms with Crippen molar-refractivity contribution in [2.75, 3.05) is 19.7 Å². The highest BCUT2D eigenvalue weighted by molar-refractivity contribution is 8.04. The number of hydrogen-bond donors (Lipinski definition) is 0. The maximum Gasteiger partial charge on any atom is 0.348 e. The molecule has 0 bridgehead atoms. The third-order valence-corrected chi connectivity index (χ3v) is 4.89. The van der Waals surface area contributed by atoms with Gasteiger partial charge in [0.15, 0.2) is 0 Å². The predicted molar refractivity (Wildman–Crippen MR) is 85.5 cm³/mol. The Hall–Kier alpha value is -1.61. The number of carbonyl (C=O) groups excluding carboxylic acids is 1. The molecule has 2 aliphatic rings. The van der Waals surface area contributed by atoms with Crippen LogP contribution in [0.1, 0.15) is 40.0 Å². The van der Waals surface area contributed by atoms with Gasteiger partial charge in [0.1, 0.15) is 16.7 Å². The van der Waals surface area contributed by atoms with Crippen LogP contribution in [0.25, 0.3) is 0 Å². The van der Waals surface area contributed by atoms with Gasteiger partial charge in [0, 0.05) is 18.3 Å². The van der Waals surface area contributed by atoms with Crippen LogP contribution in [0.3, 0.4) is 0 Å². The van der Waals surface area contributed by atoms with Crippen molar-refractivity contribution >= 4 is 17.7 Å². The number of nitriles is 1. The van der Waals surface area contributed by atoms with E-state index in [0.29, 0.717) is 35.1 Å². The van der Waals surface area contributed by atoms with Crippen LogP contribution in [0.5, 0.6) is 0 Å². The van der Waals surface area contributed by atoms with Crippen LogP contribution in [-0.2, 0) is 14.3 Å². The number of esters is 1. The van der Waals surface area contributed by atoms with Gasteiger partial charge in [-0.05, 0) is 33.1 Å². The summed E-state index contributed by atoms with van der Waals surface area (Å²) in [5, 5.41) is 9.59. The standard InChI is InChI=1S/C16H22N2O3S/c1-4-20-16(19)14-12(3)21-15(18-7-5-6-8-18)13(10-17)9-11(2)22-14/h11H,4-9H2,1-3H3/b14-12-,15-13+. The summed E-state index contributed by atoms with van der Waals surface area (Å²) in [6, 6.07) is 2.28. The quantitative estimate of drug-likeness (QED) is 0.744. The van der Waals surface area contributed by atoms with Crippen LogP contribution in [0.4, 0.5) is 0 Å². The van der Waals surface area contributed by atoms with Crippen LogP contribution < -0.4 is 0 Å². The second-order valence-electron chi connectivity index (χ2n) is 5.43. The van der Waals surface area contributed by atoms with Crippen LogP contribution in [0, 0.1) is 11.3 Å². The minimum Gasteiger partial charge on any atom is -0.462 e. The summed E-state index contributed by atoms with van der Waals surface area (Å²) in [5.41, 5.74) is 0.657. The number of allylic oxidation sites excluding steroid dienone is 2. The first-order valence-electron chi connectivity index (χ1n) is 7.67. The van der Waals surface area contributed by atoms with Gasteiger partial charge in [0.05, 0.1) is 12.2 Å². The normalized spacial score (nSPS) is 29.4. The molecule has 1 fully saturated rings. The van der Waals surface area contributed by atoms with Gasteiger partial charge < -0.3 is 14.4 Å². The van der Waals surface area contributed by atoms with Crippen molar-refractivity contribution in [2.24, 2.45) is 0 Å². The van der Waals surface area contributed by atoms with Crippen molar-refractivity contribution in [3.63, 3.8) is 0 Å². The molecule has 0 aromatic rings. The van der Waals surface area contributed by atoms with Gasteiger partial charge in [0.25, 0.3) is 0 Å². The summed E-state index contributed by atoms with van der Waals surface area (Å²) in [5.74, 6) is 0.786. The van der Waals surface area contributed by atoms with E-state index in [2.05, 4.69) is 11.0 Å². The molecule has 2 aliphatic heterocycles.